The van der Waals surface area contributed by atoms with Crippen LogP contribution in [0.15, 0.2) is 24.3 Å². The van der Waals surface area contributed by atoms with Gasteiger partial charge in [0.2, 0.25) is 0 Å². The molecule has 0 aromatic heterocycles. The van der Waals surface area contributed by atoms with Crippen LogP contribution >= 0.6 is 0 Å². The molecule has 3 atom stereocenters. The molecule has 2 nitrogen and oxygen atoms in total. The fourth-order valence-corrected chi connectivity index (χ4v) is 4.46. The van der Waals surface area contributed by atoms with Crippen molar-refractivity contribution < 1.29 is 4.74 Å². The Balaban J connectivity index is 1.82. The third kappa shape index (κ3) is 3.11. The smallest absolute Gasteiger partial charge is 0.124 e. The Morgan fingerprint density at radius 3 is 2.86 bits per heavy atom. The Hall–Kier alpha value is -1.02. The lowest BCUT2D eigenvalue weighted by Crippen LogP contribution is -2.47. The normalized spacial score (nSPS) is 32.0. The molecule has 1 spiro atoms. The highest BCUT2D eigenvalue weighted by Crippen LogP contribution is 2.48. The first-order valence-electron chi connectivity index (χ1n) is 8.57. The summed E-state index contributed by atoms with van der Waals surface area (Å²) in [6.07, 6.45) is 7.61. The molecule has 1 aromatic rings. The maximum atomic E-state index is 6.56. The molecule has 1 aliphatic carbocycles. The largest absolute Gasteiger partial charge is 0.487 e. The molecule has 1 aliphatic heterocycles. The van der Waals surface area contributed by atoms with Gasteiger partial charge in [0.15, 0.2) is 0 Å². The monoisotopic (exact) mass is 287 g/mol. The predicted molar refractivity (Wildman–Crippen MR) is 87.6 cm³/mol. The summed E-state index contributed by atoms with van der Waals surface area (Å²) in [4.78, 5) is 0. The molecule has 1 heterocycles. The van der Waals surface area contributed by atoms with Crippen LogP contribution in [0.1, 0.15) is 64.0 Å². The fraction of sp³-hybridized carbons (Fsp3) is 0.684. The van der Waals surface area contributed by atoms with Gasteiger partial charge in [0, 0.05) is 18.0 Å². The maximum absolute atomic E-state index is 6.56. The van der Waals surface area contributed by atoms with Crippen LogP contribution in [0.25, 0.3) is 0 Å². The lowest BCUT2D eigenvalue weighted by Gasteiger charge is -2.47. The first kappa shape index (κ1) is 14.9. The Morgan fingerprint density at radius 2 is 2.10 bits per heavy atom. The summed E-state index contributed by atoms with van der Waals surface area (Å²) in [5, 5.41) is 3.51. The van der Waals surface area contributed by atoms with Gasteiger partial charge in [-0.1, -0.05) is 38.5 Å². The van der Waals surface area contributed by atoms with E-state index in [2.05, 4.69) is 50.5 Å². The van der Waals surface area contributed by atoms with E-state index >= 15 is 0 Å². The van der Waals surface area contributed by atoms with Gasteiger partial charge in [-0.2, -0.15) is 0 Å². The zero-order chi connectivity index (χ0) is 14.9. The minimum atomic E-state index is 0.0693. The van der Waals surface area contributed by atoms with Crippen LogP contribution in [0.3, 0.4) is 0 Å². The molecule has 1 N–H and O–H groups in total. The van der Waals surface area contributed by atoms with Gasteiger partial charge >= 0.3 is 0 Å². The van der Waals surface area contributed by atoms with Crippen LogP contribution in [0.5, 0.6) is 5.75 Å². The number of ether oxygens (including phenoxy) is 1. The second-order valence-electron chi connectivity index (χ2n) is 7.46. The molecule has 0 amide bonds. The third-order valence-electron chi connectivity index (χ3n) is 5.26. The first-order valence-corrected chi connectivity index (χ1v) is 8.57. The lowest BCUT2D eigenvalue weighted by atomic mass is 9.71. The van der Waals surface area contributed by atoms with Crippen LogP contribution in [0.2, 0.25) is 0 Å². The van der Waals surface area contributed by atoms with Crippen molar-refractivity contribution in [2.75, 3.05) is 7.05 Å². The van der Waals surface area contributed by atoms with Gasteiger partial charge in [-0.05, 0) is 50.6 Å². The predicted octanol–water partition coefficient (Wildman–Crippen LogP) is 4.70. The lowest BCUT2D eigenvalue weighted by molar-refractivity contribution is -0.0232. The highest BCUT2D eigenvalue weighted by atomic mass is 16.5. The van der Waals surface area contributed by atoms with E-state index in [9.17, 15) is 0 Å². The maximum Gasteiger partial charge on any atom is 0.124 e. The van der Waals surface area contributed by atoms with Crippen LogP contribution < -0.4 is 10.1 Å². The van der Waals surface area contributed by atoms with Gasteiger partial charge in [0.1, 0.15) is 11.4 Å². The number of rotatable bonds is 3. The van der Waals surface area contributed by atoms with E-state index in [4.69, 9.17) is 4.74 Å². The summed E-state index contributed by atoms with van der Waals surface area (Å²) in [6, 6.07) is 9.00. The minimum absolute atomic E-state index is 0.0693. The summed E-state index contributed by atoms with van der Waals surface area (Å²) in [5.74, 6) is 2.73. The van der Waals surface area contributed by atoms with E-state index in [1.165, 1.54) is 37.7 Å². The zero-order valence-corrected chi connectivity index (χ0v) is 13.7. The highest BCUT2D eigenvalue weighted by Gasteiger charge is 2.43. The van der Waals surface area contributed by atoms with Crippen molar-refractivity contribution in [2.24, 2.45) is 11.8 Å². The summed E-state index contributed by atoms with van der Waals surface area (Å²) < 4.78 is 6.56. The number of para-hydroxylation sites is 1. The van der Waals surface area contributed by atoms with Crippen LogP contribution in [-0.4, -0.2) is 12.6 Å². The number of benzene rings is 1. The molecule has 2 aliphatic rings. The quantitative estimate of drug-likeness (QED) is 0.869. The molecule has 0 saturated heterocycles. The van der Waals surface area contributed by atoms with Crippen molar-refractivity contribution in [2.45, 2.75) is 64.0 Å². The van der Waals surface area contributed by atoms with Gasteiger partial charge in [0.05, 0.1) is 0 Å². The molecule has 1 aromatic carbocycles. The average molecular weight is 287 g/mol. The molecule has 0 bridgehead atoms. The van der Waals surface area contributed by atoms with Gasteiger partial charge < -0.3 is 10.1 Å². The standard InChI is InChI=1S/C19H29NO/c1-14(2)11-15-7-6-10-19(12-15)13-17(20-3)16-8-4-5-9-18(16)21-19/h4-5,8-9,14-15,17,20H,6-7,10-13H2,1-3H3. The third-order valence-corrected chi connectivity index (χ3v) is 5.26. The molecule has 1 saturated carbocycles. The molecular formula is C19H29NO. The molecule has 2 heteroatoms. The number of hydrogen-bond acceptors (Lipinski definition) is 2. The number of hydrogen-bond donors (Lipinski definition) is 1. The molecule has 0 radical (unpaired) electrons. The summed E-state index contributed by atoms with van der Waals surface area (Å²) in [6.45, 7) is 4.68. The Labute approximate surface area is 129 Å². The SMILES string of the molecule is CNC1CC2(CCCC(CC(C)C)C2)Oc2ccccc21. The molecule has 3 rings (SSSR count). The van der Waals surface area contributed by atoms with E-state index in [-0.39, 0.29) is 5.60 Å². The zero-order valence-electron chi connectivity index (χ0n) is 13.7. The molecule has 1 fully saturated rings. The molecule has 21 heavy (non-hydrogen) atoms. The van der Waals surface area contributed by atoms with Crippen molar-refractivity contribution in [1.82, 2.24) is 5.32 Å². The number of fused-ring (bicyclic) bond motifs is 1. The molecular weight excluding hydrogens is 258 g/mol. The number of nitrogens with one attached hydrogen (secondary N) is 1. The van der Waals surface area contributed by atoms with E-state index in [1.54, 1.807) is 0 Å². The van der Waals surface area contributed by atoms with Gasteiger partial charge in [-0.15, -0.1) is 0 Å². The van der Waals surface area contributed by atoms with E-state index in [0.29, 0.717) is 6.04 Å². The summed E-state index contributed by atoms with van der Waals surface area (Å²) >= 11 is 0. The second-order valence-corrected chi connectivity index (χ2v) is 7.46. The van der Waals surface area contributed by atoms with Crippen molar-refractivity contribution in [1.29, 1.82) is 0 Å². The minimum Gasteiger partial charge on any atom is -0.487 e. The van der Waals surface area contributed by atoms with Crippen molar-refractivity contribution in [3.05, 3.63) is 29.8 Å². The first-order chi connectivity index (χ1) is 10.1. The van der Waals surface area contributed by atoms with E-state index < -0.39 is 0 Å². The molecule has 116 valence electrons. The second kappa shape index (κ2) is 6.00. The topological polar surface area (TPSA) is 21.3 Å². The van der Waals surface area contributed by atoms with Gasteiger partial charge in [-0.3, -0.25) is 0 Å². The van der Waals surface area contributed by atoms with Crippen LogP contribution in [0.4, 0.5) is 0 Å². The Morgan fingerprint density at radius 1 is 1.29 bits per heavy atom. The Bertz CT molecular complexity index is 484. The highest BCUT2D eigenvalue weighted by molar-refractivity contribution is 5.39. The van der Waals surface area contributed by atoms with E-state index in [0.717, 1.165) is 24.0 Å². The summed E-state index contributed by atoms with van der Waals surface area (Å²) in [5.41, 5.74) is 1.40. The molecule has 3 unspecified atom stereocenters. The van der Waals surface area contributed by atoms with Crippen molar-refractivity contribution >= 4 is 0 Å². The van der Waals surface area contributed by atoms with Crippen LogP contribution in [0, 0.1) is 11.8 Å². The van der Waals surface area contributed by atoms with Gasteiger partial charge in [0.25, 0.3) is 0 Å². The van der Waals surface area contributed by atoms with Gasteiger partial charge in [-0.25, -0.2) is 0 Å². The average Bonchev–Trinajstić information content (AvgIpc) is 2.45. The van der Waals surface area contributed by atoms with Crippen molar-refractivity contribution in [3.8, 4) is 5.75 Å². The Kier molecular flexibility index (Phi) is 4.26. The van der Waals surface area contributed by atoms with Crippen LogP contribution in [-0.2, 0) is 0 Å². The van der Waals surface area contributed by atoms with E-state index in [1.807, 2.05) is 0 Å². The summed E-state index contributed by atoms with van der Waals surface area (Å²) in [7, 11) is 2.08. The van der Waals surface area contributed by atoms with Crippen molar-refractivity contribution in [3.63, 3.8) is 0 Å². The fourth-order valence-electron chi connectivity index (χ4n) is 4.46.